The van der Waals surface area contributed by atoms with Crippen LogP contribution in [0.15, 0.2) is 12.3 Å². The van der Waals surface area contributed by atoms with Gasteiger partial charge in [-0.3, -0.25) is 0 Å². The minimum Gasteiger partial charge on any atom is -0.475 e. The zero-order valence-electron chi connectivity index (χ0n) is 10.4. The van der Waals surface area contributed by atoms with Gasteiger partial charge in [-0.05, 0) is 19.4 Å². The molecule has 1 heterocycles. The number of hydrogen-bond acceptors (Lipinski definition) is 5. The van der Waals surface area contributed by atoms with Gasteiger partial charge in [0.05, 0.1) is 18.5 Å². The van der Waals surface area contributed by atoms with E-state index in [0.29, 0.717) is 31.4 Å². The first-order valence-corrected chi connectivity index (χ1v) is 5.65. The molecule has 0 aliphatic rings. The Morgan fingerprint density at radius 3 is 2.76 bits per heavy atom. The zero-order valence-corrected chi connectivity index (χ0v) is 10.4. The average Bonchev–Trinajstić information content (AvgIpc) is 2.30. The molecular formula is C12H20N2O3. The van der Waals surface area contributed by atoms with E-state index in [9.17, 15) is 0 Å². The molecule has 0 unspecified atom stereocenters. The molecule has 0 aliphatic carbocycles. The van der Waals surface area contributed by atoms with Gasteiger partial charge < -0.3 is 19.9 Å². The van der Waals surface area contributed by atoms with Gasteiger partial charge >= 0.3 is 0 Å². The van der Waals surface area contributed by atoms with Crippen LogP contribution in [0.1, 0.15) is 12.0 Å². The quantitative estimate of drug-likeness (QED) is 0.696. The van der Waals surface area contributed by atoms with Gasteiger partial charge in [0.15, 0.2) is 0 Å². The molecule has 0 aliphatic heterocycles. The second kappa shape index (κ2) is 7.86. The van der Waals surface area contributed by atoms with Crippen LogP contribution in [0.5, 0.6) is 5.88 Å². The normalized spacial score (nSPS) is 10.5. The molecule has 0 saturated heterocycles. The first-order valence-electron chi connectivity index (χ1n) is 5.65. The SMILES string of the molecule is COCCCOCCOc1ncc(N)cc1C. The summed E-state index contributed by atoms with van der Waals surface area (Å²) in [5, 5.41) is 0. The van der Waals surface area contributed by atoms with Gasteiger partial charge in [0, 0.05) is 25.9 Å². The van der Waals surface area contributed by atoms with Crippen LogP contribution < -0.4 is 10.5 Å². The fraction of sp³-hybridized carbons (Fsp3) is 0.583. The van der Waals surface area contributed by atoms with Crippen LogP contribution in [0.2, 0.25) is 0 Å². The lowest BCUT2D eigenvalue weighted by Crippen LogP contribution is -2.10. The largest absolute Gasteiger partial charge is 0.475 e. The summed E-state index contributed by atoms with van der Waals surface area (Å²) in [6.07, 6.45) is 2.48. The molecule has 0 aromatic carbocycles. The first-order chi connectivity index (χ1) is 8.24. The van der Waals surface area contributed by atoms with Crippen molar-refractivity contribution in [2.75, 3.05) is 39.3 Å². The van der Waals surface area contributed by atoms with Crippen molar-refractivity contribution < 1.29 is 14.2 Å². The van der Waals surface area contributed by atoms with E-state index in [1.54, 1.807) is 13.3 Å². The fourth-order valence-electron chi connectivity index (χ4n) is 1.34. The highest BCUT2D eigenvalue weighted by molar-refractivity contribution is 5.41. The van der Waals surface area contributed by atoms with E-state index in [1.807, 2.05) is 13.0 Å². The molecule has 1 aromatic heterocycles. The third kappa shape index (κ3) is 5.51. The predicted octanol–water partition coefficient (Wildman–Crippen LogP) is 1.40. The van der Waals surface area contributed by atoms with Gasteiger partial charge in [-0.15, -0.1) is 0 Å². The van der Waals surface area contributed by atoms with Gasteiger partial charge in [-0.2, -0.15) is 0 Å². The summed E-state index contributed by atoms with van der Waals surface area (Å²) in [5.41, 5.74) is 7.17. The molecule has 5 nitrogen and oxygen atoms in total. The number of hydrogen-bond donors (Lipinski definition) is 1. The van der Waals surface area contributed by atoms with E-state index in [4.69, 9.17) is 19.9 Å². The van der Waals surface area contributed by atoms with Crippen molar-refractivity contribution >= 4 is 5.69 Å². The van der Waals surface area contributed by atoms with Crippen molar-refractivity contribution in [3.8, 4) is 5.88 Å². The van der Waals surface area contributed by atoms with Crippen molar-refractivity contribution in [2.45, 2.75) is 13.3 Å². The summed E-state index contributed by atoms with van der Waals surface area (Å²) in [7, 11) is 1.68. The smallest absolute Gasteiger partial charge is 0.216 e. The molecule has 96 valence electrons. The lowest BCUT2D eigenvalue weighted by Gasteiger charge is -2.08. The van der Waals surface area contributed by atoms with Crippen LogP contribution in [-0.2, 0) is 9.47 Å². The molecule has 0 bridgehead atoms. The van der Waals surface area contributed by atoms with E-state index in [2.05, 4.69) is 4.98 Å². The Kier molecular flexibility index (Phi) is 6.35. The Balaban J connectivity index is 2.14. The summed E-state index contributed by atoms with van der Waals surface area (Å²) in [4.78, 5) is 4.10. The van der Waals surface area contributed by atoms with E-state index in [0.717, 1.165) is 18.6 Å². The Hall–Kier alpha value is -1.33. The van der Waals surface area contributed by atoms with Gasteiger partial charge in [0.2, 0.25) is 5.88 Å². The van der Waals surface area contributed by atoms with Crippen LogP contribution in [0.25, 0.3) is 0 Å². The number of rotatable bonds is 8. The Morgan fingerprint density at radius 2 is 2.06 bits per heavy atom. The summed E-state index contributed by atoms with van der Waals surface area (Å²) in [5.74, 6) is 0.611. The number of ether oxygens (including phenoxy) is 3. The summed E-state index contributed by atoms with van der Waals surface area (Å²) >= 11 is 0. The maximum Gasteiger partial charge on any atom is 0.216 e. The minimum absolute atomic E-state index is 0.491. The van der Waals surface area contributed by atoms with E-state index in [-0.39, 0.29) is 0 Å². The molecule has 2 N–H and O–H groups in total. The predicted molar refractivity (Wildman–Crippen MR) is 66.2 cm³/mol. The number of aryl methyl sites for hydroxylation is 1. The second-order valence-corrected chi connectivity index (χ2v) is 3.70. The van der Waals surface area contributed by atoms with Crippen LogP contribution in [0.3, 0.4) is 0 Å². The van der Waals surface area contributed by atoms with Gasteiger partial charge in [-0.1, -0.05) is 0 Å². The molecule has 5 heteroatoms. The van der Waals surface area contributed by atoms with E-state index in [1.165, 1.54) is 0 Å². The second-order valence-electron chi connectivity index (χ2n) is 3.70. The lowest BCUT2D eigenvalue weighted by molar-refractivity contribution is 0.0794. The molecule has 0 atom stereocenters. The molecule has 1 rings (SSSR count). The Labute approximate surface area is 102 Å². The number of nitrogens with zero attached hydrogens (tertiary/aromatic N) is 1. The summed E-state index contributed by atoms with van der Waals surface area (Å²) in [6, 6.07) is 1.84. The van der Waals surface area contributed by atoms with Crippen LogP contribution in [-0.4, -0.2) is 38.5 Å². The standard InChI is InChI=1S/C12H20N2O3/c1-10-8-11(13)9-14-12(10)17-7-6-16-5-3-4-15-2/h8-9H,3-7,13H2,1-2H3. The van der Waals surface area contributed by atoms with Gasteiger partial charge in [-0.25, -0.2) is 4.98 Å². The molecular weight excluding hydrogens is 220 g/mol. The number of nitrogen functional groups attached to an aromatic ring is 1. The maximum atomic E-state index is 5.60. The number of pyridine rings is 1. The van der Waals surface area contributed by atoms with Crippen LogP contribution >= 0.6 is 0 Å². The Morgan fingerprint density at radius 1 is 1.24 bits per heavy atom. The highest BCUT2D eigenvalue weighted by Gasteiger charge is 2.01. The third-order valence-corrected chi connectivity index (χ3v) is 2.15. The van der Waals surface area contributed by atoms with Crippen molar-refractivity contribution in [3.63, 3.8) is 0 Å². The van der Waals surface area contributed by atoms with Crippen LogP contribution in [0.4, 0.5) is 5.69 Å². The molecule has 0 saturated carbocycles. The third-order valence-electron chi connectivity index (χ3n) is 2.15. The minimum atomic E-state index is 0.491. The van der Waals surface area contributed by atoms with Crippen molar-refractivity contribution in [1.29, 1.82) is 0 Å². The highest BCUT2D eigenvalue weighted by atomic mass is 16.5. The fourth-order valence-corrected chi connectivity index (χ4v) is 1.34. The van der Waals surface area contributed by atoms with Crippen molar-refractivity contribution in [2.24, 2.45) is 0 Å². The average molecular weight is 240 g/mol. The maximum absolute atomic E-state index is 5.60. The lowest BCUT2D eigenvalue weighted by atomic mass is 10.3. The summed E-state index contributed by atoms with van der Waals surface area (Å²) in [6.45, 7) is 4.36. The highest BCUT2D eigenvalue weighted by Crippen LogP contribution is 2.15. The monoisotopic (exact) mass is 240 g/mol. The van der Waals surface area contributed by atoms with E-state index >= 15 is 0 Å². The molecule has 1 aromatic rings. The van der Waals surface area contributed by atoms with Crippen LogP contribution in [0, 0.1) is 6.92 Å². The zero-order chi connectivity index (χ0) is 12.5. The topological polar surface area (TPSA) is 66.6 Å². The van der Waals surface area contributed by atoms with Gasteiger partial charge in [0.1, 0.15) is 6.61 Å². The molecule has 0 radical (unpaired) electrons. The number of aromatic nitrogens is 1. The molecule has 17 heavy (non-hydrogen) atoms. The molecule has 0 spiro atoms. The Bertz CT molecular complexity index is 332. The first kappa shape index (κ1) is 13.7. The summed E-state index contributed by atoms with van der Waals surface area (Å²) < 4.78 is 15.8. The molecule has 0 amide bonds. The number of nitrogens with two attached hydrogens (primary N) is 1. The van der Waals surface area contributed by atoms with Crippen molar-refractivity contribution in [3.05, 3.63) is 17.8 Å². The van der Waals surface area contributed by atoms with Crippen molar-refractivity contribution in [1.82, 2.24) is 4.98 Å². The van der Waals surface area contributed by atoms with E-state index < -0.39 is 0 Å². The van der Waals surface area contributed by atoms with Gasteiger partial charge in [0.25, 0.3) is 0 Å². The number of anilines is 1. The number of methoxy groups -OCH3 is 1. The molecule has 0 fully saturated rings.